The molecule has 0 bridgehead atoms. The molecule has 0 saturated carbocycles. The second kappa shape index (κ2) is 15.3. The van der Waals surface area contributed by atoms with Crippen LogP contribution in [0, 0.1) is 27.7 Å². The van der Waals surface area contributed by atoms with E-state index in [-0.39, 0.29) is 11.5 Å². The van der Waals surface area contributed by atoms with Crippen molar-refractivity contribution in [3.63, 3.8) is 0 Å². The zero-order chi connectivity index (χ0) is 41.8. The van der Waals surface area contributed by atoms with Crippen LogP contribution in [0.1, 0.15) is 28.7 Å². The van der Waals surface area contributed by atoms with Gasteiger partial charge in [0.1, 0.15) is 23.0 Å². The van der Waals surface area contributed by atoms with Gasteiger partial charge in [0.2, 0.25) is 0 Å². The summed E-state index contributed by atoms with van der Waals surface area (Å²) in [5.74, 6) is 1.78. The second-order valence-electron chi connectivity index (χ2n) is 16.1. The van der Waals surface area contributed by atoms with Crippen LogP contribution >= 0.6 is 0 Å². The Balaban J connectivity index is 0.924. The van der Waals surface area contributed by atoms with Crippen LogP contribution < -0.4 is 9.47 Å². The molecule has 0 unspecified atom stereocenters. The fourth-order valence-electron chi connectivity index (χ4n) is 9.02. The number of aromatic hydroxyl groups is 2. The van der Waals surface area contributed by atoms with Crippen molar-refractivity contribution in [1.82, 2.24) is 9.13 Å². The first kappa shape index (κ1) is 37.8. The minimum absolute atomic E-state index is 0.198. The van der Waals surface area contributed by atoms with Crippen molar-refractivity contribution in [2.45, 2.75) is 34.1 Å². The van der Waals surface area contributed by atoms with Crippen molar-refractivity contribution >= 4 is 43.6 Å². The molecule has 6 nitrogen and oxygen atoms in total. The zero-order valence-electron chi connectivity index (χ0n) is 34.7. The van der Waals surface area contributed by atoms with Crippen molar-refractivity contribution < 1.29 is 19.7 Å². The highest BCUT2D eigenvalue weighted by Crippen LogP contribution is 2.45. The molecular weight excluding hydrogens is 753 g/mol. The lowest BCUT2D eigenvalue weighted by Gasteiger charge is -2.19. The molecule has 0 aliphatic carbocycles. The number of benzene rings is 8. The first-order valence-corrected chi connectivity index (χ1v) is 20.9. The average molecular weight is 799 g/mol. The third-order valence-corrected chi connectivity index (χ3v) is 11.8. The molecule has 0 aliphatic heterocycles. The highest BCUT2D eigenvalue weighted by Gasteiger charge is 2.22. The van der Waals surface area contributed by atoms with Crippen LogP contribution in [-0.4, -0.2) is 32.6 Å². The van der Waals surface area contributed by atoms with Gasteiger partial charge in [0.15, 0.2) is 0 Å². The molecule has 0 atom stereocenters. The van der Waals surface area contributed by atoms with Crippen LogP contribution in [0.3, 0.4) is 0 Å². The van der Waals surface area contributed by atoms with Crippen molar-refractivity contribution in [2.24, 2.45) is 0 Å². The summed E-state index contributed by atoms with van der Waals surface area (Å²) in [6.45, 7) is 9.04. The summed E-state index contributed by atoms with van der Waals surface area (Å²) >= 11 is 0. The van der Waals surface area contributed by atoms with E-state index in [2.05, 4.69) is 122 Å². The Labute approximate surface area is 355 Å². The van der Waals surface area contributed by atoms with E-state index in [0.29, 0.717) is 42.3 Å². The maximum absolute atomic E-state index is 12.1. The van der Waals surface area contributed by atoms with Gasteiger partial charge in [0.05, 0.1) is 46.7 Å². The molecule has 300 valence electrons. The number of aryl methyl sites for hydroxylation is 4. The third-order valence-electron chi connectivity index (χ3n) is 11.8. The van der Waals surface area contributed by atoms with Crippen LogP contribution in [0.25, 0.3) is 77.2 Å². The number of para-hydroxylation sites is 4. The average Bonchev–Trinajstić information content (AvgIpc) is 3.79. The molecule has 61 heavy (non-hydrogen) atoms. The number of fused-ring (bicyclic) bond motifs is 6. The van der Waals surface area contributed by atoms with E-state index >= 15 is 0 Å². The van der Waals surface area contributed by atoms with Crippen LogP contribution in [-0.2, 0) is 0 Å². The number of hydrogen-bond acceptors (Lipinski definition) is 4. The number of ether oxygens (including phenoxy) is 2. The highest BCUT2D eigenvalue weighted by molar-refractivity contribution is 6.10. The molecule has 2 aromatic heterocycles. The maximum Gasteiger partial charge on any atom is 0.147 e. The molecule has 2 N–H and O–H groups in total. The lowest BCUT2D eigenvalue weighted by atomic mass is 9.98. The van der Waals surface area contributed by atoms with Crippen molar-refractivity contribution in [3.8, 4) is 56.6 Å². The molecule has 0 aliphatic rings. The topological polar surface area (TPSA) is 68.8 Å². The Kier molecular flexibility index (Phi) is 9.48. The summed E-state index contributed by atoms with van der Waals surface area (Å²) in [5, 5.41) is 28.8. The summed E-state index contributed by atoms with van der Waals surface area (Å²) in [6.07, 6.45) is 0.611. The Hall–Kier alpha value is -7.44. The fraction of sp³-hybridized carbons (Fsp3) is 0.127. The summed E-state index contributed by atoms with van der Waals surface area (Å²) in [6, 6.07) is 53.7. The second-order valence-corrected chi connectivity index (χ2v) is 16.1. The van der Waals surface area contributed by atoms with E-state index in [9.17, 15) is 10.2 Å². The maximum atomic E-state index is 12.1. The largest absolute Gasteiger partial charge is 0.505 e. The molecule has 0 fully saturated rings. The summed E-state index contributed by atoms with van der Waals surface area (Å²) < 4.78 is 17.3. The summed E-state index contributed by atoms with van der Waals surface area (Å²) in [7, 11) is 0. The number of phenols is 2. The van der Waals surface area contributed by atoms with Gasteiger partial charge in [-0.1, -0.05) is 96.1 Å². The van der Waals surface area contributed by atoms with Gasteiger partial charge in [-0.05, 0) is 112 Å². The number of nitrogens with zero attached hydrogens (tertiary/aromatic N) is 2. The molecule has 0 saturated heterocycles. The normalized spacial score (nSPS) is 11.6. The van der Waals surface area contributed by atoms with Crippen LogP contribution in [0.2, 0.25) is 0 Å². The summed E-state index contributed by atoms with van der Waals surface area (Å²) in [4.78, 5) is 0. The third kappa shape index (κ3) is 6.61. The van der Waals surface area contributed by atoms with Crippen molar-refractivity contribution in [2.75, 3.05) is 13.2 Å². The van der Waals surface area contributed by atoms with Gasteiger partial charge in [-0.3, -0.25) is 0 Å². The van der Waals surface area contributed by atoms with E-state index in [1.165, 1.54) is 0 Å². The molecule has 0 amide bonds. The minimum atomic E-state index is 0.198. The van der Waals surface area contributed by atoms with Gasteiger partial charge in [0, 0.05) is 50.2 Å². The van der Waals surface area contributed by atoms with Gasteiger partial charge in [-0.2, -0.15) is 0 Å². The Morgan fingerprint density at radius 3 is 1.07 bits per heavy atom. The zero-order valence-corrected chi connectivity index (χ0v) is 34.7. The van der Waals surface area contributed by atoms with Crippen LogP contribution in [0.5, 0.6) is 23.0 Å². The predicted octanol–water partition coefficient (Wildman–Crippen LogP) is 13.7. The van der Waals surface area contributed by atoms with Crippen LogP contribution in [0.15, 0.2) is 158 Å². The number of phenolic OH excluding ortho intramolecular Hbond substituents is 2. The van der Waals surface area contributed by atoms with Gasteiger partial charge < -0.3 is 28.8 Å². The molecule has 6 heteroatoms. The van der Waals surface area contributed by atoms with E-state index < -0.39 is 0 Å². The fourth-order valence-corrected chi connectivity index (χ4v) is 9.02. The van der Waals surface area contributed by atoms with Crippen LogP contribution in [0.4, 0.5) is 0 Å². The van der Waals surface area contributed by atoms with Gasteiger partial charge >= 0.3 is 0 Å². The monoisotopic (exact) mass is 798 g/mol. The number of rotatable bonds is 10. The first-order chi connectivity index (χ1) is 29.7. The minimum Gasteiger partial charge on any atom is -0.505 e. The lowest BCUT2D eigenvalue weighted by Crippen LogP contribution is -2.07. The Bertz CT molecular complexity index is 2990. The Morgan fingerprint density at radius 2 is 0.705 bits per heavy atom. The predicted molar refractivity (Wildman–Crippen MR) is 250 cm³/mol. The molecule has 0 spiro atoms. The van der Waals surface area contributed by atoms with Gasteiger partial charge in [-0.15, -0.1) is 0 Å². The van der Waals surface area contributed by atoms with E-state index in [0.717, 1.165) is 88.4 Å². The van der Waals surface area contributed by atoms with Gasteiger partial charge in [-0.25, -0.2) is 0 Å². The molecule has 8 aromatic carbocycles. The lowest BCUT2D eigenvalue weighted by molar-refractivity contribution is 0.248. The van der Waals surface area contributed by atoms with E-state index in [4.69, 9.17) is 9.47 Å². The van der Waals surface area contributed by atoms with E-state index in [1.807, 2.05) is 72.8 Å². The molecular formula is C55H46N2O4. The standard InChI is InChI=1S/C55H46N2O4/c1-34-22-24-52(42(28-34)44-30-36(3)32-50(54(44)58)56-46-18-9-5-14-38(46)39-15-6-10-19-47(39)56)60-26-13-27-61-53-25-23-35(2)29-43(53)45-31-37(4)33-51(55(45)59)57-48-20-11-7-16-40(48)41-17-8-12-21-49(41)57/h5-12,14-25,28-33,58-59H,13,26-27H2,1-4H3. The molecule has 2 heterocycles. The quantitative estimate of drug-likeness (QED) is 0.135. The highest BCUT2D eigenvalue weighted by atomic mass is 16.5. The molecule has 10 aromatic rings. The molecule has 10 rings (SSSR count). The smallest absolute Gasteiger partial charge is 0.147 e. The Morgan fingerprint density at radius 1 is 0.377 bits per heavy atom. The SMILES string of the molecule is Cc1ccc(OCCCOc2ccc(C)cc2-c2cc(C)cc(-n3c4ccccc4c4ccccc43)c2O)c(-c2cc(C)cc(-n3c4ccccc4c4ccccc43)c2O)c1. The van der Waals surface area contributed by atoms with Crippen molar-refractivity contribution in [3.05, 3.63) is 180 Å². The first-order valence-electron chi connectivity index (χ1n) is 20.9. The van der Waals surface area contributed by atoms with Crippen molar-refractivity contribution in [1.29, 1.82) is 0 Å². The van der Waals surface area contributed by atoms with Gasteiger partial charge in [0.25, 0.3) is 0 Å². The molecule has 0 radical (unpaired) electrons. The number of aromatic nitrogens is 2. The number of hydrogen-bond donors (Lipinski definition) is 2. The summed E-state index contributed by atoms with van der Waals surface area (Å²) in [5.41, 5.74) is 12.9. The van der Waals surface area contributed by atoms with E-state index in [1.54, 1.807) is 0 Å².